The van der Waals surface area contributed by atoms with E-state index in [4.69, 9.17) is 16.4 Å². The van der Waals surface area contributed by atoms with Crippen LogP contribution in [0.15, 0.2) is 41.6 Å². The molecule has 0 aromatic heterocycles. The lowest BCUT2D eigenvalue weighted by atomic mass is 9.87. The zero-order valence-corrected chi connectivity index (χ0v) is 20.3. The third-order valence-corrected chi connectivity index (χ3v) is 6.30. The molecule has 6 nitrogen and oxygen atoms in total. The molecule has 1 fully saturated rings. The number of carbonyl (C=O) groups excluding carboxylic acids is 2. The van der Waals surface area contributed by atoms with E-state index in [1.807, 2.05) is 13.0 Å². The SMILES string of the molecule is Cc1cc(Cl)cc(C2(C)CC(c3ccc(C(=O)N4CC(=O)N(CC(F)(F)F)C4)c(C(F)(F)F)c3)=NO2)c1. The van der Waals surface area contributed by atoms with E-state index < -0.39 is 60.7 Å². The normalized spacial score (nSPS) is 20.4. The van der Waals surface area contributed by atoms with Gasteiger partial charge in [0.1, 0.15) is 13.1 Å². The van der Waals surface area contributed by atoms with Crippen molar-refractivity contribution in [2.75, 3.05) is 19.8 Å². The zero-order chi connectivity index (χ0) is 27.3. The van der Waals surface area contributed by atoms with Crippen molar-refractivity contribution < 1.29 is 40.8 Å². The van der Waals surface area contributed by atoms with Crippen LogP contribution in [-0.4, -0.2) is 53.3 Å². The van der Waals surface area contributed by atoms with Crippen LogP contribution >= 0.6 is 11.6 Å². The van der Waals surface area contributed by atoms with E-state index in [0.717, 1.165) is 17.7 Å². The quantitative estimate of drug-likeness (QED) is 0.474. The highest BCUT2D eigenvalue weighted by Crippen LogP contribution is 2.39. The summed E-state index contributed by atoms with van der Waals surface area (Å²) in [6.45, 7) is 0.414. The first-order valence-electron chi connectivity index (χ1n) is 10.9. The average Bonchev–Trinajstić information content (AvgIpc) is 3.34. The van der Waals surface area contributed by atoms with Crippen LogP contribution in [0.5, 0.6) is 0 Å². The molecule has 1 unspecified atom stereocenters. The Morgan fingerprint density at radius 3 is 2.46 bits per heavy atom. The van der Waals surface area contributed by atoms with E-state index in [2.05, 4.69) is 5.16 Å². The van der Waals surface area contributed by atoms with Crippen molar-refractivity contribution in [3.63, 3.8) is 0 Å². The van der Waals surface area contributed by atoms with Gasteiger partial charge in [-0.25, -0.2) is 0 Å². The maximum absolute atomic E-state index is 14.0. The number of aryl methyl sites for hydroxylation is 1. The van der Waals surface area contributed by atoms with Gasteiger partial charge in [-0.05, 0) is 49.2 Å². The van der Waals surface area contributed by atoms with E-state index in [1.165, 1.54) is 6.07 Å². The molecule has 0 saturated carbocycles. The second-order valence-corrected chi connectivity index (χ2v) is 9.60. The van der Waals surface area contributed by atoms with Crippen LogP contribution in [0, 0.1) is 6.92 Å². The standard InChI is InChI=1S/C24H20ClF6N3O3/c1-13-5-15(8-16(25)6-13)22(2)9-19(32-37-22)14-3-4-17(18(7-14)24(29,30)31)21(36)33-10-20(35)34(12-33)11-23(26,27)28/h3-8H,9-12H2,1-2H3. The molecule has 0 bridgehead atoms. The molecule has 2 aromatic carbocycles. The van der Waals surface area contributed by atoms with Gasteiger partial charge in [-0.15, -0.1) is 0 Å². The number of amides is 2. The summed E-state index contributed by atoms with van der Waals surface area (Å²) in [5, 5.41) is 4.44. The summed E-state index contributed by atoms with van der Waals surface area (Å²) in [7, 11) is 0. The second kappa shape index (κ2) is 9.23. The topological polar surface area (TPSA) is 62.2 Å². The molecule has 0 radical (unpaired) electrons. The third kappa shape index (κ3) is 5.68. The van der Waals surface area contributed by atoms with Crippen LogP contribution in [0.25, 0.3) is 0 Å². The Morgan fingerprint density at radius 2 is 1.84 bits per heavy atom. The summed E-state index contributed by atoms with van der Waals surface area (Å²) in [6, 6.07) is 8.18. The van der Waals surface area contributed by atoms with Crippen LogP contribution in [-0.2, 0) is 21.4 Å². The number of oxime groups is 1. The first-order valence-corrected chi connectivity index (χ1v) is 11.3. The predicted octanol–water partition coefficient (Wildman–Crippen LogP) is 5.51. The van der Waals surface area contributed by atoms with E-state index >= 15 is 0 Å². The van der Waals surface area contributed by atoms with Gasteiger partial charge >= 0.3 is 12.4 Å². The lowest BCUT2D eigenvalue weighted by molar-refractivity contribution is -0.157. The summed E-state index contributed by atoms with van der Waals surface area (Å²) in [4.78, 5) is 31.4. The molecular formula is C24H20ClF6N3O3. The number of hydrogen-bond acceptors (Lipinski definition) is 4. The zero-order valence-electron chi connectivity index (χ0n) is 19.5. The molecule has 37 heavy (non-hydrogen) atoms. The molecule has 4 rings (SSSR count). The molecule has 2 aliphatic rings. The predicted molar refractivity (Wildman–Crippen MR) is 121 cm³/mol. The van der Waals surface area contributed by atoms with Gasteiger partial charge in [0.2, 0.25) is 5.91 Å². The van der Waals surface area contributed by atoms with Crippen molar-refractivity contribution in [2.45, 2.75) is 38.2 Å². The molecule has 2 amide bonds. The van der Waals surface area contributed by atoms with Gasteiger partial charge in [-0.2, -0.15) is 26.3 Å². The van der Waals surface area contributed by atoms with Crippen molar-refractivity contribution in [3.8, 4) is 0 Å². The van der Waals surface area contributed by atoms with Crippen LogP contribution < -0.4 is 0 Å². The molecule has 0 aliphatic carbocycles. The van der Waals surface area contributed by atoms with E-state index in [0.29, 0.717) is 20.4 Å². The van der Waals surface area contributed by atoms with Gasteiger partial charge in [0.15, 0.2) is 5.60 Å². The summed E-state index contributed by atoms with van der Waals surface area (Å²) in [6.07, 6.45) is -9.57. The Hall–Kier alpha value is -3.28. The summed E-state index contributed by atoms with van der Waals surface area (Å²) >= 11 is 6.13. The Balaban J connectivity index is 1.60. The summed E-state index contributed by atoms with van der Waals surface area (Å²) in [5.41, 5.74) is -1.27. The van der Waals surface area contributed by atoms with Crippen LogP contribution in [0.2, 0.25) is 5.02 Å². The monoisotopic (exact) mass is 547 g/mol. The molecule has 0 spiro atoms. The number of benzene rings is 2. The number of hydrogen-bond donors (Lipinski definition) is 0. The van der Waals surface area contributed by atoms with Gasteiger partial charge in [-0.1, -0.05) is 28.9 Å². The highest BCUT2D eigenvalue weighted by Gasteiger charge is 2.43. The first-order chi connectivity index (χ1) is 17.1. The Kier molecular flexibility index (Phi) is 6.68. The van der Waals surface area contributed by atoms with E-state index in [-0.39, 0.29) is 17.7 Å². The van der Waals surface area contributed by atoms with Crippen molar-refractivity contribution >= 4 is 29.1 Å². The number of carbonyl (C=O) groups is 2. The molecule has 2 aromatic rings. The molecule has 1 atom stereocenters. The average molecular weight is 548 g/mol. The smallest absolute Gasteiger partial charge is 0.384 e. The van der Waals surface area contributed by atoms with Crippen LogP contribution in [0.3, 0.4) is 0 Å². The summed E-state index contributed by atoms with van der Waals surface area (Å²) in [5.74, 6) is -2.22. The molecule has 198 valence electrons. The number of rotatable bonds is 4. The molecular weight excluding hydrogens is 528 g/mol. The lowest BCUT2D eigenvalue weighted by Crippen LogP contribution is -2.37. The largest absolute Gasteiger partial charge is 0.417 e. The minimum atomic E-state index is -4.97. The van der Waals surface area contributed by atoms with E-state index in [9.17, 15) is 35.9 Å². The number of nitrogens with zero attached hydrogens (tertiary/aromatic N) is 3. The molecule has 2 heterocycles. The van der Waals surface area contributed by atoms with Crippen LogP contribution in [0.4, 0.5) is 26.3 Å². The van der Waals surface area contributed by atoms with Crippen molar-refractivity contribution in [2.24, 2.45) is 5.16 Å². The van der Waals surface area contributed by atoms with Crippen molar-refractivity contribution in [1.29, 1.82) is 0 Å². The van der Waals surface area contributed by atoms with E-state index in [1.54, 1.807) is 19.1 Å². The first kappa shape index (κ1) is 26.8. The van der Waals surface area contributed by atoms with Gasteiger partial charge in [-0.3, -0.25) is 9.59 Å². The number of alkyl halides is 6. The fraction of sp³-hybridized carbons (Fsp3) is 0.375. The highest BCUT2D eigenvalue weighted by atomic mass is 35.5. The maximum Gasteiger partial charge on any atom is 0.417 e. The van der Waals surface area contributed by atoms with Gasteiger partial charge in [0.25, 0.3) is 5.91 Å². The third-order valence-electron chi connectivity index (χ3n) is 6.08. The maximum atomic E-state index is 14.0. The number of halogens is 7. The fourth-order valence-corrected chi connectivity index (χ4v) is 4.58. The Labute approximate surface area is 212 Å². The second-order valence-electron chi connectivity index (χ2n) is 9.16. The highest BCUT2D eigenvalue weighted by molar-refractivity contribution is 6.30. The minimum absolute atomic E-state index is 0.0579. The Morgan fingerprint density at radius 1 is 1.14 bits per heavy atom. The molecule has 1 saturated heterocycles. The minimum Gasteiger partial charge on any atom is -0.384 e. The van der Waals surface area contributed by atoms with Crippen molar-refractivity contribution in [1.82, 2.24) is 9.80 Å². The molecule has 2 aliphatic heterocycles. The Bertz CT molecular complexity index is 1270. The molecule has 0 N–H and O–H groups in total. The van der Waals surface area contributed by atoms with Gasteiger partial charge in [0, 0.05) is 17.0 Å². The molecule has 13 heteroatoms. The van der Waals surface area contributed by atoms with Crippen molar-refractivity contribution in [3.05, 3.63) is 69.2 Å². The summed E-state index contributed by atoms with van der Waals surface area (Å²) < 4.78 is 79.9. The fourth-order valence-electron chi connectivity index (χ4n) is 4.30. The van der Waals surface area contributed by atoms with Gasteiger partial charge < -0.3 is 14.6 Å². The lowest BCUT2D eigenvalue weighted by Gasteiger charge is -2.23. The van der Waals surface area contributed by atoms with Crippen LogP contribution in [0.1, 0.15) is 46.0 Å². The van der Waals surface area contributed by atoms with Gasteiger partial charge in [0.05, 0.1) is 23.5 Å².